The second kappa shape index (κ2) is 9.38. The van der Waals surface area contributed by atoms with E-state index in [4.69, 9.17) is 0 Å². The van der Waals surface area contributed by atoms with Crippen LogP contribution < -0.4 is 4.72 Å². The van der Waals surface area contributed by atoms with E-state index >= 15 is 0 Å². The van der Waals surface area contributed by atoms with Crippen LogP contribution in [-0.2, 0) is 20.0 Å². The van der Waals surface area contributed by atoms with Gasteiger partial charge in [0, 0.05) is 19.6 Å². The summed E-state index contributed by atoms with van der Waals surface area (Å²) in [4.78, 5) is 0.201. The number of sulfonamides is 2. The van der Waals surface area contributed by atoms with Gasteiger partial charge >= 0.3 is 0 Å². The molecule has 29 heavy (non-hydrogen) atoms. The van der Waals surface area contributed by atoms with Gasteiger partial charge in [0.15, 0.2) is 0 Å². The molecule has 0 saturated carbocycles. The number of unbranched alkanes of at least 4 members (excludes halogenated alkanes) is 1. The predicted molar refractivity (Wildman–Crippen MR) is 114 cm³/mol. The van der Waals surface area contributed by atoms with Gasteiger partial charge in [0.2, 0.25) is 20.0 Å². The zero-order chi connectivity index (χ0) is 20.9. The Kier molecular flexibility index (Phi) is 7.10. The number of nitrogens with zero attached hydrogens (tertiary/aromatic N) is 1. The molecule has 8 heteroatoms. The summed E-state index contributed by atoms with van der Waals surface area (Å²) in [5, 5.41) is 0. The van der Waals surface area contributed by atoms with Crippen LogP contribution in [0.25, 0.3) is 0 Å². The molecule has 2 aromatic rings. The lowest BCUT2D eigenvalue weighted by molar-refractivity contribution is 0.315. The van der Waals surface area contributed by atoms with Crippen LogP contribution in [-0.4, -0.2) is 40.8 Å². The molecule has 1 saturated heterocycles. The minimum Gasteiger partial charge on any atom is -0.211 e. The standard InChI is InChI=1S/C21H28N2O4S2/c1-2-3-15-22-28(24,25)20-11-13-21(14-12-20)29(26,27)23-16-7-10-19(17-23)18-8-5-4-6-9-18/h4-6,8-9,11-14,19,22H,2-3,7,10,15-17H2,1H3/t19-/m1/s1. The normalized spacial score (nSPS) is 18.6. The molecule has 158 valence electrons. The summed E-state index contributed by atoms with van der Waals surface area (Å²) >= 11 is 0. The van der Waals surface area contributed by atoms with E-state index < -0.39 is 20.0 Å². The number of rotatable bonds is 8. The molecule has 1 aliphatic heterocycles. The molecule has 0 bridgehead atoms. The van der Waals surface area contributed by atoms with Crippen molar-refractivity contribution in [2.75, 3.05) is 19.6 Å². The van der Waals surface area contributed by atoms with Crippen molar-refractivity contribution in [2.24, 2.45) is 0 Å². The van der Waals surface area contributed by atoms with Crippen LogP contribution in [0.5, 0.6) is 0 Å². The summed E-state index contributed by atoms with van der Waals surface area (Å²) in [6.45, 7) is 3.26. The van der Waals surface area contributed by atoms with Crippen molar-refractivity contribution in [3.05, 3.63) is 60.2 Å². The van der Waals surface area contributed by atoms with Gasteiger partial charge in [0.1, 0.15) is 0 Å². The van der Waals surface area contributed by atoms with Crippen LogP contribution in [0.3, 0.4) is 0 Å². The first-order chi connectivity index (χ1) is 13.8. The van der Waals surface area contributed by atoms with E-state index in [2.05, 4.69) is 4.72 Å². The third-order valence-corrected chi connectivity index (χ3v) is 8.61. The third-order valence-electron chi connectivity index (χ3n) is 5.25. The Morgan fingerprint density at radius 1 is 0.966 bits per heavy atom. The van der Waals surface area contributed by atoms with E-state index in [9.17, 15) is 16.8 Å². The van der Waals surface area contributed by atoms with Crippen molar-refractivity contribution in [2.45, 2.75) is 48.3 Å². The maximum atomic E-state index is 13.1. The Bertz CT molecular complexity index is 1000. The largest absolute Gasteiger partial charge is 0.243 e. The SMILES string of the molecule is CCCCNS(=O)(=O)c1ccc(S(=O)(=O)N2CCC[C@@H](c3ccccc3)C2)cc1. The minimum absolute atomic E-state index is 0.0772. The van der Waals surface area contributed by atoms with E-state index in [0.717, 1.165) is 31.2 Å². The molecular formula is C21H28N2O4S2. The van der Waals surface area contributed by atoms with Crippen LogP contribution in [0.4, 0.5) is 0 Å². The molecule has 1 N–H and O–H groups in total. The first-order valence-corrected chi connectivity index (χ1v) is 12.9. The number of benzene rings is 2. The van der Waals surface area contributed by atoms with Crippen molar-refractivity contribution >= 4 is 20.0 Å². The zero-order valence-corrected chi connectivity index (χ0v) is 18.3. The summed E-state index contributed by atoms with van der Waals surface area (Å²) in [5.41, 5.74) is 1.15. The fourth-order valence-electron chi connectivity index (χ4n) is 3.56. The van der Waals surface area contributed by atoms with Gasteiger partial charge < -0.3 is 0 Å². The van der Waals surface area contributed by atoms with Gasteiger partial charge in [-0.05, 0) is 55.0 Å². The molecule has 0 unspecified atom stereocenters. The summed E-state index contributed by atoms with van der Waals surface area (Å²) in [5.74, 6) is 0.169. The lowest BCUT2D eigenvalue weighted by atomic mass is 9.92. The number of piperidine rings is 1. The monoisotopic (exact) mass is 436 g/mol. The topological polar surface area (TPSA) is 83.5 Å². The van der Waals surface area contributed by atoms with Crippen LogP contribution in [0, 0.1) is 0 Å². The van der Waals surface area contributed by atoms with Gasteiger partial charge in [-0.3, -0.25) is 0 Å². The zero-order valence-electron chi connectivity index (χ0n) is 16.6. The second-order valence-corrected chi connectivity index (χ2v) is 11.0. The highest BCUT2D eigenvalue weighted by molar-refractivity contribution is 7.89. The summed E-state index contributed by atoms with van der Waals surface area (Å²) < 4.78 is 54.8. The molecule has 1 aliphatic rings. The van der Waals surface area contributed by atoms with Gasteiger partial charge in [-0.2, -0.15) is 4.31 Å². The highest BCUT2D eigenvalue weighted by atomic mass is 32.2. The van der Waals surface area contributed by atoms with Crippen molar-refractivity contribution in [1.29, 1.82) is 0 Å². The van der Waals surface area contributed by atoms with Crippen molar-refractivity contribution < 1.29 is 16.8 Å². The Morgan fingerprint density at radius 2 is 1.62 bits per heavy atom. The molecule has 1 heterocycles. The van der Waals surface area contributed by atoms with Gasteiger partial charge in [-0.1, -0.05) is 43.7 Å². The maximum absolute atomic E-state index is 13.1. The Hall–Kier alpha value is -1.74. The number of hydrogen-bond acceptors (Lipinski definition) is 4. The van der Waals surface area contributed by atoms with Crippen LogP contribution in [0.15, 0.2) is 64.4 Å². The van der Waals surface area contributed by atoms with Crippen LogP contribution >= 0.6 is 0 Å². The first kappa shape index (κ1) is 22.0. The molecular weight excluding hydrogens is 408 g/mol. The van der Waals surface area contributed by atoms with E-state index in [1.807, 2.05) is 37.3 Å². The summed E-state index contributed by atoms with van der Waals surface area (Å²) in [6.07, 6.45) is 3.39. The number of nitrogens with one attached hydrogen (secondary N) is 1. The quantitative estimate of drug-likeness (QED) is 0.644. The van der Waals surface area contributed by atoms with E-state index in [1.165, 1.54) is 28.6 Å². The van der Waals surface area contributed by atoms with Crippen LogP contribution in [0.2, 0.25) is 0 Å². The summed E-state index contributed by atoms with van der Waals surface area (Å²) in [6, 6.07) is 15.4. The molecule has 3 rings (SSSR count). The average molecular weight is 437 g/mol. The van der Waals surface area contributed by atoms with Crippen molar-refractivity contribution in [1.82, 2.24) is 9.03 Å². The Labute approximate surface area is 174 Å². The smallest absolute Gasteiger partial charge is 0.211 e. The van der Waals surface area contributed by atoms with Gasteiger partial charge in [-0.15, -0.1) is 0 Å². The molecule has 1 atom stereocenters. The highest BCUT2D eigenvalue weighted by Crippen LogP contribution is 2.30. The fourth-order valence-corrected chi connectivity index (χ4v) is 6.16. The highest BCUT2D eigenvalue weighted by Gasteiger charge is 2.31. The van der Waals surface area contributed by atoms with Crippen LogP contribution in [0.1, 0.15) is 44.1 Å². The molecule has 0 spiro atoms. The Morgan fingerprint density at radius 3 is 2.28 bits per heavy atom. The minimum atomic E-state index is -3.67. The Balaban J connectivity index is 1.75. The van der Waals surface area contributed by atoms with E-state index in [1.54, 1.807) is 0 Å². The predicted octanol–water partition coefficient (Wildman–Crippen LogP) is 3.33. The first-order valence-electron chi connectivity index (χ1n) is 9.99. The van der Waals surface area contributed by atoms with Crippen molar-refractivity contribution in [3.63, 3.8) is 0 Å². The molecule has 1 fully saturated rings. The summed E-state index contributed by atoms with van der Waals surface area (Å²) in [7, 11) is -7.29. The van der Waals surface area contributed by atoms with Gasteiger partial charge in [-0.25, -0.2) is 21.6 Å². The van der Waals surface area contributed by atoms with Crippen molar-refractivity contribution in [3.8, 4) is 0 Å². The lowest BCUT2D eigenvalue weighted by Crippen LogP contribution is -2.39. The molecule has 0 radical (unpaired) electrons. The molecule has 0 aromatic heterocycles. The maximum Gasteiger partial charge on any atom is 0.243 e. The van der Waals surface area contributed by atoms with E-state index in [-0.39, 0.29) is 15.7 Å². The average Bonchev–Trinajstić information content (AvgIpc) is 2.75. The van der Waals surface area contributed by atoms with E-state index in [0.29, 0.717) is 19.6 Å². The molecule has 2 aromatic carbocycles. The lowest BCUT2D eigenvalue weighted by Gasteiger charge is -2.32. The fraction of sp³-hybridized carbons (Fsp3) is 0.429. The number of hydrogen-bond donors (Lipinski definition) is 1. The van der Waals surface area contributed by atoms with Gasteiger partial charge in [0.05, 0.1) is 9.79 Å². The third kappa shape index (κ3) is 5.25. The van der Waals surface area contributed by atoms with Gasteiger partial charge in [0.25, 0.3) is 0 Å². The second-order valence-electron chi connectivity index (χ2n) is 7.34. The molecule has 6 nitrogen and oxygen atoms in total. The molecule has 0 amide bonds. The molecule has 0 aliphatic carbocycles.